The minimum atomic E-state index is -3.55. The molecule has 0 spiro atoms. The fraction of sp³-hybridized carbons (Fsp3) is 0.529. The first-order chi connectivity index (χ1) is 11.7. The molecule has 0 bridgehead atoms. The van der Waals surface area contributed by atoms with Crippen molar-refractivity contribution >= 4 is 15.8 Å². The second-order valence-electron chi connectivity index (χ2n) is 6.61. The largest absolute Gasteiger partial charge is 0.368 e. The van der Waals surface area contributed by atoms with E-state index in [0.717, 1.165) is 5.56 Å². The van der Waals surface area contributed by atoms with Crippen LogP contribution in [-0.2, 0) is 16.6 Å². The number of hydrogen-bond donors (Lipinski definition) is 1. The molecule has 1 N–H and O–H groups in total. The van der Waals surface area contributed by atoms with Crippen LogP contribution < -0.4 is 5.32 Å². The number of aromatic nitrogens is 3. The van der Waals surface area contributed by atoms with Gasteiger partial charge in [-0.25, -0.2) is 13.4 Å². The first kappa shape index (κ1) is 19.4. The summed E-state index contributed by atoms with van der Waals surface area (Å²) in [6, 6.07) is 3.07. The quantitative estimate of drug-likeness (QED) is 0.777. The summed E-state index contributed by atoms with van der Waals surface area (Å²) in [5.74, 6) is 0.642. The maximum absolute atomic E-state index is 12.8. The molecule has 2 aromatic heterocycles. The van der Waals surface area contributed by atoms with Gasteiger partial charge in [0.25, 0.3) is 0 Å². The van der Waals surface area contributed by atoms with Crippen LogP contribution in [-0.4, -0.2) is 46.1 Å². The van der Waals surface area contributed by atoms with Gasteiger partial charge in [0, 0.05) is 31.0 Å². The van der Waals surface area contributed by atoms with E-state index in [-0.39, 0.29) is 17.0 Å². The lowest BCUT2D eigenvalue weighted by atomic mass is 10.3. The Labute approximate surface area is 150 Å². The SMILES string of the molecule is Cc1cnn(CCNc2ccc(S(=O)(=O)N(C(C)C)C(C)C)cn2)c1. The Morgan fingerprint density at radius 2 is 1.84 bits per heavy atom. The van der Waals surface area contributed by atoms with Crippen molar-refractivity contribution in [2.45, 2.75) is 58.1 Å². The molecule has 0 aliphatic heterocycles. The number of pyridine rings is 1. The van der Waals surface area contributed by atoms with Crippen molar-refractivity contribution < 1.29 is 8.42 Å². The highest BCUT2D eigenvalue weighted by Crippen LogP contribution is 2.21. The third-order valence-corrected chi connectivity index (χ3v) is 5.97. The number of hydrogen-bond acceptors (Lipinski definition) is 5. The third-order valence-electron chi connectivity index (χ3n) is 3.74. The van der Waals surface area contributed by atoms with E-state index in [1.165, 1.54) is 10.5 Å². The van der Waals surface area contributed by atoms with Crippen LogP contribution in [0.5, 0.6) is 0 Å². The van der Waals surface area contributed by atoms with E-state index in [2.05, 4.69) is 15.4 Å². The smallest absolute Gasteiger partial charge is 0.245 e. The third kappa shape index (κ3) is 4.79. The molecule has 0 amide bonds. The lowest BCUT2D eigenvalue weighted by Crippen LogP contribution is -2.41. The van der Waals surface area contributed by atoms with Crippen LogP contribution in [0.3, 0.4) is 0 Å². The molecule has 0 saturated carbocycles. The van der Waals surface area contributed by atoms with Gasteiger partial charge in [-0.05, 0) is 52.3 Å². The van der Waals surface area contributed by atoms with E-state index in [0.29, 0.717) is 18.9 Å². The maximum Gasteiger partial charge on any atom is 0.245 e. The Morgan fingerprint density at radius 1 is 1.16 bits per heavy atom. The van der Waals surface area contributed by atoms with Crippen LogP contribution in [0.25, 0.3) is 0 Å². The first-order valence-corrected chi connectivity index (χ1v) is 9.88. The van der Waals surface area contributed by atoms with E-state index >= 15 is 0 Å². The van der Waals surface area contributed by atoms with Crippen molar-refractivity contribution in [3.63, 3.8) is 0 Å². The number of nitrogens with zero attached hydrogens (tertiary/aromatic N) is 4. The Kier molecular flexibility index (Phi) is 6.18. The van der Waals surface area contributed by atoms with Crippen LogP contribution in [0.2, 0.25) is 0 Å². The van der Waals surface area contributed by atoms with E-state index in [1.807, 2.05) is 51.7 Å². The molecule has 0 saturated heterocycles. The second kappa shape index (κ2) is 7.97. The fourth-order valence-corrected chi connectivity index (χ4v) is 4.58. The summed E-state index contributed by atoms with van der Waals surface area (Å²) >= 11 is 0. The molecular formula is C17H27N5O2S. The molecule has 2 heterocycles. The van der Waals surface area contributed by atoms with Crippen LogP contribution in [0.15, 0.2) is 35.6 Å². The zero-order valence-corrected chi connectivity index (χ0v) is 16.3. The van der Waals surface area contributed by atoms with Gasteiger partial charge < -0.3 is 5.32 Å². The molecule has 0 radical (unpaired) electrons. The summed E-state index contributed by atoms with van der Waals surface area (Å²) in [4.78, 5) is 4.45. The Hall–Kier alpha value is -1.93. The average Bonchev–Trinajstić information content (AvgIpc) is 2.92. The van der Waals surface area contributed by atoms with E-state index < -0.39 is 10.0 Å². The summed E-state index contributed by atoms with van der Waals surface area (Å²) in [6.45, 7) is 10.9. The molecule has 0 aliphatic carbocycles. The Balaban J connectivity index is 2.03. The number of aryl methyl sites for hydroxylation is 1. The molecule has 0 unspecified atom stereocenters. The molecule has 7 nitrogen and oxygen atoms in total. The highest BCUT2D eigenvalue weighted by Gasteiger charge is 2.29. The van der Waals surface area contributed by atoms with Crippen LogP contribution >= 0.6 is 0 Å². The van der Waals surface area contributed by atoms with Gasteiger partial charge >= 0.3 is 0 Å². The molecule has 8 heteroatoms. The second-order valence-corrected chi connectivity index (χ2v) is 8.45. The monoisotopic (exact) mass is 365 g/mol. The number of anilines is 1. The van der Waals surface area contributed by atoms with Gasteiger partial charge in [-0.1, -0.05) is 0 Å². The summed E-state index contributed by atoms with van der Waals surface area (Å²) in [5, 5.41) is 7.39. The lowest BCUT2D eigenvalue weighted by Gasteiger charge is -2.29. The summed E-state index contributed by atoms with van der Waals surface area (Å²) < 4.78 is 28.9. The van der Waals surface area contributed by atoms with Crippen molar-refractivity contribution in [1.82, 2.24) is 19.1 Å². The summed E-state index contributed by atoms with van der Waals surface area (Å²) in [5.41, 5.74) is 1.12. The molecule has 0 aromatic carbocycles. The van der Waals surface area contributed by atoms with E-state index in [1.54, 1.807) is 12.1 Å². The van der Waals surface area contributed by atoms with Crippen LogP contribution in [0.1, 0.15) is 33.3 Å². The molecule has 0 fully saturated rings. The van der Waals surface area contributed by atoms with Gasteiger partial charge in [0.05, 0.1) is 12.7 Å². The predicted molar refractivity (Wildman–Crippen MR) is 99.0 cm³/mol. The molecular weight excluding hydrogens is 338 g/mol. The highest BCUT2D eigenvalue weighted by atomic mass is 32.2. The zero-order valence-electron chi connectivity index (χ0n) is 15.5. The average molecular weight is 366 g/mol. The van der Waals surface area contributed by atoms with Crippen LogP contribution in [0, 0.1) is 6.92 Å². The Bertz CT molecular complexity index is 774. The van der Waals surface area contributed by atoms with Crippen molar-refractivity contribution in [1.29, 1.82) is 0 Å². The van der Waals surface area contributed by atoms with Gasteiger partial charge in [0.2, 0.25) is 10.0 Å². The number of nitrogens with one attached hydrogen (secondary N) is 1. The van der Waals surface area contributed by atoms with Crippen molar-refractivity contribution in [2.24, 2.45) is 0 Å². The predicted octanol–water partition coefficient (Wildman–Crippen LogP) is 2.51. The van der Waals surface area contributed by atoms with Crippen molar-refractivity contribution in [3.05, 3.63) is 36.3 Å². The van der Waals surface area contributed by atoms with Gasteiger partial charge in [-0.3, -0.25) is 4.68 Å². The molecule has 25 heavy (non-hydrogen) atoms. The molecule has 2 rings (SSSR count). The fourth-order valence-electron chi connectivity index (χ4n) is 2.80. The molecule has 138 valence electrons. The van der Waals surface area contributed by atoms with Gasteiger partial charge in [-0.15, -0.1) is 0 Å². The topological polar surface area (TPSA) is 80.1 Å². The summed E-state index contributed by atoms with van der Waals surface area (Å²) in [6.07, 6.45) is 5.19. The standard InChI is InChI=1S/C17H27N5O2S/c1-13(2)22(14(3)4)25(23,24)16-6-7-17(19-11-16)18-8-9-21-12-15(5)10-20-21/h6-7,10-14H,8-9H2,1-5H3,(H,18,19). The van der Waals surface area contributed by atoms with Crippen molar-refractivity contribution in [2.75, 3.05) is 11.9 Å². The number of rotatable bonds is 8. The molecule has 0 aliphatic rings. The van der Waals surface area contributed by atoms with Gasteiger partial charge in [0.1, 0.15) is 10.7 Å². The van der Waals surface area contributed by atoms with Crippen molar-refractivity contribution in [3.8, 4) is 0 Å². The maximum atomic E-state index is 12.8. The first-order valence-electron chi connectivity index (χ1n) is 8.44. The van der Waals surface area contributed by atoms with Gasteiger partial charge in [-0.2, -0.15) is 9.40 Å². The Morgan fingerprint density at radius 3 is 2.32 bits per heavy atom. The number of sulfonamides is 1. The lowest BCUT2D eigenvalue weighted by molar-refractivity contribution is 0.302. The van der Waals surface area contributed by atoms with Crippen LogP contribution in [0.4, 0.5) is 5.82 Å². The minimum absolute atomic E-state index is 0.111. The minimum Gasteiger partial charge on any atom is -0.368 e. The molecule has 0 atom stereocenters. The van der Waals surface area contributed by atoms with E-state index in [9.17, 15) is 8.42 Å². The molecule has 2 aromatic rings. The highest BCUT2D eigenvalue weighted by molar-refractivity contribution is 7.89. The van der Waals surface area contributed by atoms with Gasteiger partial charge in [0.15, 0.2) is 0 Å². The summed E-state index contributed by atoms with van der Waals surface area (Å²) in [7, 11) is -3.55. The zero-order chi connectivity index (χ0) is 18.6. The van der Waals surface area contributed by atoms with E-state index in [4.69, 9.17) is 0 Å². The normalized spacial score (nSPS) is 12.3.